The van der Waals surface area contributed by atoms with Crippen LogP contribution in [0.25, 0.3) is 22.3 Å². The van der Waals surface area contributed by atoms with E-state index < -0.39 is 0 Å². The average molecular weight is 725 g/mol. The Bertz CT molecular complexity index is 1840. The molecule has 0 heterocycles. The van der Waals surface area contributed by atoms with Gasteiger partial charge in [0, 0.05) is 11.1 Å². The topological polar surface area (TPSA) is 61.8 Å². The quantitative estimate of drug-likeness (QED) is 0.0404. The van der Waals surface area contributed by atoms with Crippen LogP contribution in [-0.4, -0.2) is 24.5 Å². The fourth-order valence-electron chi connectivity index (χ4n) is 6.36. The van der Waals surface area contributed by atoms with E-state index in [4.69, 9.17) is 14.2 Å². The summed E-state index contributed by atoms with van der Waals surface area (Å²) in [5.74, 6) is 2.07. The lowest BCUT2D eigenvalue weighted by atomic mass is 9.97. The predicted octanol–water partition coefficient (Wildman–Crippen LogP) is 13.2. The van der Waals surface area contributed by atoms with Gasteiger partial charge in [-0.25, -0.2) is 0 Å². The van der Waals surface area contributed by atoms with Gasteiger partial charge in [0.2, 0.25) is 0 Å². The first-order chi connectivity index (χ1) is 26.4. The van der Waals surface area contributed by atoms with Crippen molar-refractivity contribution in [3.63, 3.8) is 0 Å². The highest BCUT2D eigenvalue weighted by molar-refractivity contribution is 6.09. The predicted molar refractivity (Wildman–Crippen MR) is 221 cm³/mol. The highest BCUT2D eigenvalue weighted by Crippen LogP contribution is 2.28. The number of hydrogen-bond acceptors (Lipinski definition) is 5. The molecule has 0 aliphatic rings. The van der Waals surface area contributed by atoms with Crippen LogP contribution in [-0.2, 0) is 16.0 Å². The van der Waals surface area contributed by atoms with Crippen LogP contribution in [0.3, 0.4) is 0 Å². The smallest absolute Gasteiger partial charge is 0.310 e. The SMILES string of the molecule is CCCCCCCCCCCCOc1ccc(-c2ccc(C(=O)c3ccc(-c4ccc(Oc5ccc(CC(=O)OC(C)CC)cc5)cc4)cc3)cc2)cc1. The number of benzene rings is 5. The van der Waals surface area contributed by atoms with Gasteiger partial charge in [-0.3, -0.25) is 9.59 Å². The summed E-state index contributed by atoms with van der Waals surface area (Å²) in [6.45, 7) is 6.91. The Morgan fingerprint density at radius 2 is 0.907 bits per heavy atom. The van der Waals surface area contributed by atoms with Crippen molar-refractivity contribution >= 4 is 11.8 Å². The van der Waals surface area contributed by atoms with Crippen LogP contribution in [0.1, 0.15) is 113 Å². The van der Waals surface area contributed by atoms with Crippen LogP contribution < -0.4 is 9.47 Å². The highest BCUT2D eigenvalue weighted by atomic mass is 16.5. The monoisotopic (exact) mass is 724 g/mol. The Hall–Kier alpha value is -5.16. The molecular weight excluding hydrogens is 669 g/mol. The zero-order chi connectivity index (χ0) is 38.0. The van der Waals surface area contributed by atoms with E-state index in [1.807, 2.05) is 123 Å². The molecule has 0 aliphatic heterocycles. The summed E-state index contributed by atoms with van der Waals surface area (Å²) >= 11 is 0. The van der Waals surface area contributed by atoms with Crippen molar-refractivity contribution in [1.82, 2.24) is 0 Å². The molecule has 0 fully saturated rings. The first-order valence-electron chi connectivity index (χ1n) is 20.0. The Morgan fingerprint density at radius 3 is 1.37 bits per heavy atom. The van der Waals surface area contributed by atoms with E-state index in [0.29, 0.717) is 22.6 Å². The van der Waals surface area contributed by atoms with Gasteiger partial charge in [0.1, 0.15) is 17.2 Å². The van der Waals surface area contributed by atoms with E-state index in [2.05, 4.69) is 19.1 Å². The molecule has 1 atom stereocenters. The minimum atomic E-state index is -0.224. The third kappa shape index (κ3) is 12.8. The van der Waals surface area contributed by atoms with Gasteiger partial charge >= 0.3 is 5.97 Å². The largest absolute Gasteiger partial charge is 0.494 e. The fraction of sp³-hybridized carbons (Fsp3) is 0.347. The molecule has 0 aromatic heterocycles. The summed E-state index contributed by atoms with van der Waals surface area (Å²) in [4.78, 5) is 25.4. The molecule has 282 valence electrons. The third-order valence-electron chi connectivity index (χ3n) is 9.85. The zero-order valence-corrected chi connectivity index (χ0v) is 32.4. The van der Waals surface area contributed by atoms with Crippen molar-refractivity contribution in [2.75, 3.05) is 6.61 Å². The second kappa shape index (κ2) is 21.5. The van der Waals surface area contributed by atoms with Crippen molar-refractivity contribution in [3.8, 4) is 39.5 Å². The van der Waals surface area contributed by atoms with Crippen molar-refractivity contribution in [2.45, 2.75) is 104 Å². The standard InChI is InChI=1S/C49H56O5/c1-4-6-7-8-9-10-11-12-13-14-35-52-45-31-25-41(26-32-45)39-17-21-43(22-18-39)49(51)44-23-19-40(20-24-44)42-27-33-47(34-28-42)54-46-29-15-38(16-30-46)36-48(50)53-37(3)5-2/h15-34,37H,4-14,35-36H2,1-3H3. The molecule has 5 rings (SSSR count). The lowest BCUT2D eigenvalue weighted by Crippen LogP contribution is -2.15. The van der Waals surface area contributed by atoms with Crippen molar-refractivity contribution in [1.29, 1.82) is 0 Å². The van der Waals surface area contributed by atoms with Crippen LogP contribution in [0.15, 0.2) is 121 Å². The molecule has 1 unspecified atom stereocenters. The van der Waals surface area contributed by atoms with Crippen LogP contribution in [0, 0.1) is 0 Å². The molecule has 0 spiro atoms. The number of esters is 1. The minimum absolute atomic E-state index is 0.00834. The maximum atomic E-state index is 13.3. The summed E-state index contributed by atoms with van der Waals surface area (Å²) in [5, 5.41) is 0. The van der Waals surface area contributed by atoms with Gasteiger partial charge in [0.25, 0.3) is 0 Å². The maximum Gasteiger partial charge on any atom is 0.310 e. The molecule has 0 radical (unpaired) electrons. The van der Waals surface area contributed by atoms with E-state index in [1.54, 1.807) is 0 Å². The average Bonchev–Trinajstić information content (AvgIpc) is 3.21. The van der Waals surface area contributed by atoms with Gasteiger partial charge in [-0.15, -0.1) is 0 Å². The summed E-state index contributed by atoms with van der Waals surface area (Å²) in [6.07, 6.45) is 14.1. The number of rotatable bonds is 22. The molecule has 0 bridgehead atoms. The van der Waals surface area contributed by atoms with E-state index >= 15 is 0 Å². The van der Waals surface area contributed by atoms with Crippen LogP contribution >= 0.6 is 0 Å². The number of hydrogen-bond donors (Lipinski definition) is 0. The second-order valence-electron chi connectivity index (χ2n) is 14.2. The fourth-order valence-corrected chi connectivity index (χ4v) is 6.36. The van der Waals surface area contributed by atoms with Crippen LogP contribution in [0.2, 0.25) is 0 Å². The molecule has 0 aliphatic carbocycles. The molecule has 0 saturated heterocycles. The summed E-state index contributed by atoms with van der Waals surface area (Å²) in [6, 6.07) is 39.1. The Labute approximate surface area is 322 Å². The number of ether oxygens (including phenoxy) is 3. The van der Waals surface area contributed by atoms with Crippen molar-refractivity contribution in [2.24, 2.45) is 0 Å². The number of unbranched alkanes of at least 4 members (excludes halogenated alkanes) is 9. The molecule has 0 saturated carbocycles. The van der Waals surface area contributed by atoms with E-state index in [1.165, 1.54) is 57.8 Å². The van der Waals surface area contributed by atoms with Crippen molar-refractivity contribution in [3.05, 3.63) is 138 Å². The first kappa shape index (κ1) is 40.0. The van der Waals surface area contributed by atoms with Gasteiger partial charge in [-0.1, -0.05) is 157 Å². The Morgan fingerprint density at radius 1 is 0.500 bits per heavy atom. The third-order valence-corrected chi connectivity index (χ3v) is 9.85. The summed E-state index contributed by atoms with van der Waals surface area (Å²) < 4.78 is 17.4. The number of carbonyl (C=O) groups is 2. The van der Waals surface area contributed by atoms with E-state index in [9.17, 15) is 9.59 Å². The molecular formula is C49H56O5. The molecule has 0 N–H and O–H groups in total. The van der Waals surface area contributed by atoms with E-state index in [-0.39, 0.29) is 24.3 Å². The summed E-state index contributed by atoms with van der Waals surface area (Å²) in [5.41, 5.74) is 6.37. The van der Waals surface area contributed by atoms with Gasteiger partial charge in [0.15, 0.2) is 5.78 Å². The Balaban J connectivity index is 1.05. The van der Waals surface area contributed by atoms with Gasteiger partial charge in [-0.2, -0.15) is 0 Å². The highest BCUT2D eigenvalue weighted by Gasteiger charge is 2.12. The van der Waals surface area contributed by atoms with Gasteiger partial charge < -0.3 is 14.2 Å². The van der Waals surface area contributed by atoms with Gasteiger partial charge in [0.05, 0.1) is 19.1 Å². The normalized spacial score (nSPS) is 11.5. The molecule has 5 heteroatoms. The molecule has 54 heavy (non-hydrogen) atoms. The lowest BCUT2D eigenvalue weighted by Gasteiger charge is -2.11. The maximum absolute atomic E-state index is 13.3. The molecule has 5 aromatic rings. The molecule has 0 amide bonds. The molecule has 5 aromatic carbocycles. The number of ketones is 1. The van der Waals surface area contributed by atoms with E-state index in [0.717, 1.165) is 53.0 Å². The van der Waals surface area contributed by atoms with Gasteiger partial charge in [-0.05, 0) is 84.0 Å². The summed E-state index contributed by atoms with van der Waals surface area (Å²) in [7, 11) is 0. The zero-order valence-electron chi connectivity index (χ0n) is 32.4. The number of carbonyl (C=O) groups excluding carboxylic acids is 2. The molecule has 5 nitrogen and oxygen atoms in total. The van der Waals surface area contributed by atoms with Crippen LogP contribution in [0.4, 0.5) is 0 Å². The lowest BCUT2D eigenvalue weighted by molar-refractivity contribution is -0.147. The van der Waals surface area contributed by atoms with Crippen LogP contribution in [0.5, 0.6) is 17.2 Å². The van der Waals surface area contributed by atoms with Crippen molar-refractivity contribution < 1.29 is 23.8 Å². The first-order valence-corrected chi connectivity index (χ1v) is 20.0. The Kier molecular flexibility index (Phi) is 16.0. The minimum Gasteiger partial charge on any atom is -0.494 e. The second-order valence-corrected chi connectivity index (χ2v) is 14.2.